The van der Waals surface area contributed by atoms with Crippen molar-refractivity contribution in [3.8, 4) is 11.5 Å². The van der Waals surface area contributed by atoms with E-state index >= 15 is 0 Å². The number of hydrogen-bond acceptors (Lipinski definition) is 5. The maximum Gasteiger partial charge on any atom is 0.416 e. The van der Waals surface area contributed by atoms with Crippen LogP contribution in [0.1, 0.15) is 29.7 Å². The topological polar surface area (TPSA) is 84.9 Å². The monoisotopic (exact) mass is 536 g/mol. The minimum Gasteiger partial charge on any atom is -0.493 e. The Labute approximate surface area is 213 Å². The van der Waals surface area contributed by atoms with Crippen molar-refractivity contribution in [3.63, 3.8) is 0 Å². The number of hydrogen-bond donors (Lipinski definition) is 1. The Balaban J connectivity index is 1.94. The van der Waals surface area contributed by atoms with Gasteiger partial charge in [-0.15, -0.1) is 0 Å². The number of rotatable bonds is 9. The highest BCUT2D eigenvalue weighted by Crippen LogP contribution is 2.33. The zero-order valence-electron chi connectivity index (χ0n) is 20.7. The van der Waals surface area contributed by atoms with Crippen LogP contribution in [0.5, 0.6) is 11.5 Å². The molecule has 1 N–H and O–H groups in total. The zero-order valence-corrected chi connectivity index (χ0v) is 21.5. The van der Waals surface area contributed by atoms with Crippen LogP contribution in [0.4, 0.5) is 18.9 Å². The number of sulfonamides is 1. The third-order valence-electron chi connectivity index (χ3n) is 5.64. The van der Waals surface area contributed by atoms with E-state index in [-0.39, 0.29) is 10.6 Å². The molecule has 198 valence electrons. The highest BCUT2D eigenvalue weighted by Gasteiger charge is 2.33. The lowest BCUT2D eigenvalue weighted by Gasteiger charge is -2.26. The Kier molecular flexibility index (Phi) is 8.37. The quantitative estimate of drug-likeness (QED) is 0.411. The number of carbonyl (C=O) groups excluding carboxylic acids is 1. The van der Waals surface area contributed by atoms with Crippen molar-refractivity contribution in [2.24, 2.45) is 0 Å². The molecule has 0 aliphatic rings. The molecule has 0 saturated carbocycles. The van der Waals surface area contributed by atoms with Gasteiger partial charge in [0.15, 0.2) is 11.5 Å². The minimum absolute atomic E-state index is 0.156. The van der Waals surface area contributed by atoms with E-state index in [9.17, 15) is 26.4 Å². The van der Waals surface area contributed by atoms with Crippen molar-refractivity contribution in [2.75, 3.05) is 25.1 Å². The number of anilines is 1. The first kappa shape index (κ1) is 27.9. The number of ether oxygens (including phenoxy) is 2. The molecule has 0 radical (unpaired) electrons. The van der Waals surface area contributed by atoms with Crippen molar-refractivity contribution in [1.29, 1.82) is 0 Å². The normalized spacial score (nSPS) is 12.5. The minimum atomic E-state index is -4.69. The average molecular weight is 537 g/mol. The number of nitrogens with one attached hydrogen (secondary N) is 1. The molecule has 0 heterocycles. The zero-order chi connectivity index (χ0) is 27.4. The highest BCUT2D eigenvalue weighted by atomic mass is 32.2. The predicted octanol–water partition coefficient (Wildman–Crippen LogP) is 5.10. The number of methoxy groups -OCH3 is 2. The van der Waals surface area contributed by atoms with E-state index in [1.165, 1.54) is 32.4 Å². The van der Waals surface area contributed by atoms with E-state index in [1.54, 1.807) is 44.2 Å². The second-order valence-electron chi connectivity index (χ2n) is 8.28. The largest absolute Gasteiger partial charge is 0.493 e. The first-order valence-corrected chi connectivity index (χ1v) is 12.6. The summed E-state index contributed by atoms with van der Waals surface area (Å²) in [5, 5.41) is 2.70. The summed E-state index contributed by atoms with van der Waals surface area (Å²) >= 11 is 0. The van der Waals surface area contributed by atoms with Crippen LogP contribution in [-0.2, 0) is 21.0 Å². The number of halogens is 3. The van der Waals surface area contributed by atoms with Crippen LogP contribution in [-0.4, -0.2) is 35.1 Å². The van der Waals surface area contributed by atoms with Crippen molar-refractivity contribution < 1.29 is 35.9 Å². The second kappa shape index (κ2) is 11.1. The standard InChI is InChI=1S/C26H27F3N2O5S/c1-17-8-11-22(12-9-17)37(33,34)31(21-7-5-6-20(15-21)26(27,28)29)16-25(32)30-18(2)19-10-13-23(35-3)24(14-19)36-4/h5-15,18H,16H2,1-4H3,(H,30,32)/t18-/m0/s1. The van der Waals surface area contributed by atoms with Gasteiger partial charge < -0.3 is 14.8 Å². The number of carbonyl (C=O) groups is 1. The van der Waals surface area contributed by atoms with Crippen LogP contribution in [0.3, 0.4) is 0 Å². The van der Waals surface area contributed by atoms with E-state index < -0.39 is 40.3 Å². The van der Waals surface area contributed by atoms with Crippen LogP contribution in [0.15, 0.2) is 71.6 Å². The Morgan fingerprint density at radius 3 is 2.22 bits per heavy atom. The average Bonchev–Trinajstić information content (AvgIpc) is 2.86. The van der Waals surface area contributed by atoms with E-state index in [0.29, 0.717) is 27.4 Å². The first-order valence-electron chi connectivity index (χ1n) is 11.1. The van der Waals surface area contributed by atoms with E-state index in [0.717, 1.165) is 17.7 Å². The Bertz CT molecular complexity index is 1360. The van der Waals surface area contributed by atoms with Crippen molar-refractivity contribution >= 4 is 21.6 Å². The molecule has 3 aromatic carbocycles. The molecule has 0 fully saturated rings. The maximum atomic E-state index is 13.5. The van der Waals surface area contributed by atoms with E-state index in [2.05, 4.69) is 5.32 Å². The van der Waals surface area contributed by atoms with Gasteiger partial charge in [0.2, 0.25) is 5.91 Å². The molecule has 0 saturated heterocycles. The van der Waals surface area contributed by atoms with Gasteiger partial charge in [-0.05, 0) is 61.9 Å². The van der Waals surface area contributed by atoms with Crippen LogP contribution in [0.2, 0.25) is 0 Å². The van der Waals surface area contributed by atoms with Gasteiger partial charge in [-0.25, -0.2) is 8.42 Å². The fraction of sp³-hybridized carbons (Fsp3) is 0.269. The summed E-state index contributed by atoms with van der Waals surface area (Å²) < 4.78 is 78.2. The van der Waals surface area contributed by atoms with Gasteiger partial charge in [0.05, 0.1) is 36.4 Å². The Hall–Kier alpha value is -3.73. The molecular weight excluding hydrogens is 509 g/mol. The van der Waals surface area contributed by atoms with E-state index in [1.807, 2.05) is 0 Å². The fourth-order valence-electron chi connectivity index (χ4n) is 3.61. The smallest absolute Gasteiger partial charge is 0.416 e. The number of alkyl halides is 3. The van der Waals surface area contributed by atoms with Gasteiger partial charge in [-0.1, -0.05) is 29.8 Å². The predicted molar refractivity (Wildman–Crippen MR) is 133 cm³/mol. The number of aryl methyl sites for hydroxylation is 1. The van der Waals surface area contributed by atoms with Crippen molar-refractivity contribution in [2.45, 2.75) is 31.0 Å². The molecule has 7 nitrogen and oxygen atoms in total. The Morgan fingerprint density at radius 1 is 0.973 bits per heavy atom. The van der Waals surface area contributed by atoms with Gasteiger partial charge in [-0.2, -0.15) is 13.2 Å². The summed E-state index contributed by atoms with van der Waals surface area (Å²) in [6.07, 6.45) is -4.69. The third-order valence-corrected chi connectivity index (χ3v) is 7.43. The summed E-state index contributed by atoms with van der Waals surface area (Å²) in [7, 11) is -1.43. The fourth-order valence-corrected chi connectivity index (χ4v) is 5.03. The van der Waals surface area contributed by atoms with Crippen LogP contribution in [0, 0.1) is 6.92 Å². The maximum absolute atomic E-state index is 13.5. The lowest BCUT2D eigenvalue weighted by Crippen LogP contribution is -2.41. The van der Waals surface area contributed by atoms with Gasteiger partial charge in [0.1, 0.15) is 6.54 Å². The molecule has 0 bridgehead atoms. The lowest BCUT2D eigenvalue weighted by atomic mass is 10.1. The molecule has 1 amide bonds. The molecular formula is C26H27F3N2O5S. The molecule has 0 aromatic heterocycles. The number of benzene rings is 3. The highest BCUT2D eigenvalue weighted by molar-refractivity contribution is 7.92. The Morgan fingerprint density at radius 2 is 1.62 bits per heavy atom. The molecule has 3 aromatic rings. The summed E-state index contributed by atoms with van der Waals surface area (Å²) in [5.74, 6) is 0.216. The van der Waals surface area contributed by atoms with Crippen LogP contribution in [0.25, 0.3) is 0 Å². The first-order chi connectivity index (χ1) is 17.4. The molecule has 11 heteroatoms. The number of nitrogens with zero attached hydrogens (tertiary/aromatic N) is 1. The SMILES string of the molecule is COc1ccc([C@H](C)NC(=O)CN(c2cccc(C(F)(F)F)c2)S(=O)(=O)c2ccc(C)cc2)cc1OC. The van der Waals surface area contributed by atoms with Gasteiger partial charge in [0, 0.05) is 0 Å². The lowest BCUT2D eigenvalue weighted by molar-refractivity contribution is -0.137. The summed E-state index contributed by atoms with van der Waals surface area (Å²) in [6.45, 7) is 2.71. The van der Waals surface area contributed by atoms with Gasteiger partial charge in [-0.3, -0.25) is 9.10 Å². The van der Waals surface area contributed by atoms with Crippen molar-refractivity contribution in [3.05, 3.63) is 83.4 Å². The molecule has 0 unspecified atom stereocenters. The van der Waals surface area contributed by atoms with E-state index in [4.69, 9.17) is 9.47 Å². The van der Waals surface area contributed by atoms with Crippen molar-refractivity contribution in [1.82, 2.24) is 5.32 Å². The van der Waals surface area contributed by atoms with Crippen LogP contribution < -0.4 is 19.1 Å². The molecule has 0 aliphatic carbocycles. The van der Waals surface area contributed by atoms with Crippen LogP contribution >= 0.6 is 0 Å². The second-order valence-corrected chi connectivity index (χ2v) is 10.1. The molecule has 1 atom stereocenters. The summed E-state index contributed by atoms with van der Waals surface area (Å²) in [5.41, 5.74) is 0.126. The molecule has 3 rings (SSSR count). The molecule has 37 heavy (non-hydrogen) atoms. The summed E-state index contributed by atoms with van der Waals surface area (Å²) in [6, 6.07) is 14.1. The number of amides is 1. The summed E-state index contributed by atoms with van der Waals surface area (Å²) in [4.78, 5) is 12.9. The molecule has 0 aliphatic heterocycles. The van der Waals surface area contributed by atoms with Gasteiger partial charge >= 0.3 is 6.18 Å². The third kappa shape index (κ3) is 6.53. The molecule has 0 spiro atoms. The van der Waals surface area contributed by atoms with Gasteiger partial charge in [0.25, 0.3) is 10.0 Å².